The Morgan fingerprint density at radius 3 is 2.46 bits per heavy atom. The standard InChI is InChI=1S/C58H85ClN8O15S/c1-37-14-13-17-49(78-10)58(74)34-48(81-56(73)63-58)38(2)44-33-57(44,4)50(32-52(69)65(7)46-29-40(28-37)30-47(77-9)54(46)59)82-55(72)39(3)66(8)83(75,76)27-26-80-25-24-79-23-21-61-35-42(18-19-53(70)71)62-51(68)20-22-67-43(36-64(6)60-5)31-41-15-11-12-16-45(41)67/h11-17,29-31,38-39,42,44,48-50,60-61,74H,18-28,32-36H2,1-10H3,(H,62,68)(H,63,73)(H,70,71)/b17-13+,37-14+/t38-,39-,42-,44-,48-,49+,50-,57-,58-/m0/s1. The number of sulfonamides is 1. The third kappa shape index (κ3) is 17.7. The van der Waals surface area contributed by atoms with Crippen LogP contribution in [0.5, 0.6) is 5.75 Å². The Morgan fingerprint density at radius 1 is 1.04 bits per heavy atom. The van der Waals surface area contributed by atoms with Gasteiger partial charge in [0.15, 0.2) is 5.72 Å². The Bertz CT molecular complexity index is 2920. The number of aliphatic hydroxyl groups is 1. The summed E-state index contributed by atoms with van der Waals surface area (Å²) in [6.07, 6.45) is 2.34. The molecule has 0 radical (unpaired) electrons. The van der Waals surface area contributed by atoms with E-state index in [1.807, 2.05) is 70.2 Å². The molecule has 6 rings (SSSR count). The number of aryl methyl sites for hydroxylation is 1. The highest BCUT2D eigenvalue weighted by atomic mass is 35.5. The van der Waals surface area contributed by atoms with E-state index in [0.717, 1.165) is 32.0 Å². The first kappa shape index (κ1) is 66.5. The number of carboxylic acids is 1. The predicted molar refractivity (Wildman–Crippen MR) is 313 cm³/mol. The highest BCUT2D eigenvalue weighted by Gasteiger charge is 2.62. The SMILES string of the molecule is CNN(C)Cc1cc2ccccc2n1CCC(=O)N[C@@H](CCC(=O)O)CNCCOCCOCCS(=O)(=O)N(C)[C@@H](C)C(=O)O[C@H]1CC(=O)N(C)c2cc(cc(OC)c2Cl)C/C(C)=C/C=C/[C@@H](OC)[C@@]2(O)C[C@H](OC(=O)N2)[C@@H](C)[C@@H]2C[C@]12C. The number of nitrogens with zero attached hydrogens (tertiary/aromatic N) is 4. The second kappa shape index (κ2) is 29.9. The Labute approximate surface area is 492 Å². The average molecular weight is 1200 g/mol. The minimum absolute atomic E-state index is 0.0441. The van der Waals surface area contributed by atoms with Crippen molar-refractivity contribution in [2.24, 2.45) is 17.3 Å². The molecule has 1 saturated carbocycles. The van der Waals surface area contributed by atoms with E-state index in [9.17, 15) is 42.6 Å². The molecular formula is C58H85ClN8O15S. The van der Waals surface area contributed by atoms with Crippen LogP contribution >= 0.6 is 11.6 Å². The number of carboxylic acid groups (broad SMARTS) is 1. The Morgan fingerprint density at radius 2 is 1.76 bits per heavy atom. The van der Waals surface area contributed by atoms with E-state index in [-0.39, 0.29) is 75.4 Å². The van der Waals surface area contributed by atoms with E-state index in [0.29, 0.717) is 50.5 Å². The number of alkyl carbamates (subject to hydrolysis) is 1. The highest BCUT2D eigenvalue weighted by molar-refractivity contribution is 7.89. The fourth-order valence-corrected chi connectivity index (χ4v) is 12.4. The lowest BCUT2D eigenvalue weighted by atomic mass is 9.83. The molecule has 3 aliphatic rings. The summed E-state index contributed by atoms with van der Waals surface area (Å²) in [6, 6.07) is 11.9. The molecule has 23 nitrogen and oxygen atoms in total. The van der Waals surface area contributed by atoms with Crippen molar-refractivity contribution < 1.29 is 71.0 Å². The molecule has 2 aromatic carbocycles. The summed E-state index contributed by atoms with van der Waals surface area (Å²) >= 11 is 6.84. The predicted octanol–water partition coefficient (Wildman–Crippen LogP) is 4.77. The van der Waals surface area contributed by atoms with Crippen molar-refractivity contribution in [3.8, 4) is 5.75 Å². The molecule has 0 unspecified atom stereocenters. The van der Waals surface area contributed by atoms with Crippen molar-refractivity contribution >= 4 is 68.1 Å². The maximum absolute atomic E-state index is 14.4. The number of hydrogen-bond donors (Lipinski definition) is 6. The number of amides is 3. The van der Waals surface area contributed by atoms with E-state index >= 15 is 0 Å². The molecule has 6 N–H and O–H groups in total. The van der Waals surface area contributed by atoms with Crippen molar-refractivity contribution in [1.29, 1.82) is 0 Å². The zero-order valence-corrected chi connectivity index (χ0v) is 51.0. The number of rotatable bonds is 27. The summed E-state index contributed by atoms with van der Waals surface area (Å²) in [5.41, 5.74) is 4.48. The van der Waals surface area contributed by atoms with Gasteiger partial charge in [0.05, 0.1) is 57.9 Å². The third-order valence-corrected chi connectivity index (χ3v) is 18.5. The lowest BCUT2D eigenvalue weighted by molar-refractivity contribution is -0.159. The molecule has 1 saturated heterocycles. The maximum Gasteiger partial charge on any atom is 0.409 e. The zero-order valence-electron chi connectivity index (χ0n) is 49.4. The largest absolute Gasteiger partial charge is 0.495 e. The number of carbonyl (C=O) groups is 5. The molecule has 2 aliphatic heterocycles. The van der Waals surface area contributed by atoms with Crippen molar-refractivity contribution in [3.63, 3.8) is 0 Å². The molecule has 0 spiro atoms. The number of esters is 1. The number of fused-ring (bicyclic) bond motifs is 6. The fraction of sp³-hybridized carbons (Fsp3) is 0.603. The molecule has 460 valence electrons. The second-order valence-electron chi connectivity index (χ2n) is 22.1. The topological polar surface area (TPSA) is 278 Å². The van der Waals surface area contributed by atoms with E-state index < -0.39 is 87.2 Å². The van der Waals surface area contributed by atoms with Gasteiger partial charge in [0.1, 0.15) is 35.1 Å². The van der Waals surface area contributed by atoms with Crippen LogP contribution in [0, 0.1) is 17.3 Å². The maximum atomic E-state index is 14.4. The minimum Gasteiger partial charge on any atom is -0.495 e. The number of aliphatic carboxylic acids is 1. The van der Waals surface area contributed by atoms with Gasteiger partial charge in [0.2, 0.25) is 21.8 Å². The van der Waals surface area contributed by atoms with Crippen LogP contribution in [-0.2, 0) is 72.4 Å². The molecular weight excluding hydrogens is 1120 g/mol. The van der Waals surface area contributed by atoms with Crippen LogP contribution in [0.2, 0.25) is 5.02 Å². The molecule has 25 heteroatoms. The van der Waals surface area contributed by atoms with Crippen LogP contribution in [0.4, 0.5) is 10.5 Å². The summed E-state index contributed by atoms with van der Waals surface area (Å²) in [5.74, 6) is -3.34. The number of anilines is 1. The first-order valence-corrected chi connectivity index (χ1v) is 30.0. The van der Waals surface area contributed by atoms with Crippen molar-refractivity contribution in [2.45, 2.75) is 122 Å². The number of ether oxygens (including phenoxy) is 6. The highest BCUT2D eigenvalue weighted by Crippen LogP contribution is 2.61. The van der Waals surface area contributed by atoms with Gasteiger partial charge in [-0.15, -0.1) is 0 Å². The van der Waals surface area contributed by atoms with Gasteiger partial charge < -0.3 is 58.7 Å². The molecule has 83 heavy (non-hydrogen) atoms. The van der Waals surface area contributed by atoms with Crippen LogP contribution < -0.4 is 31.0 Å². The van der Waals surface area contributed by atoms with Gasteiger partial charge in [-0.2, -0.15) is 4.31 Å². The smallest absolute Gasteiger partial charge is 0.409 e. The third-order valence-electron chi connectivity index (χ3n) is 16.2. The van der Waals surface area contributed by atoms with Crippen molar-refractivity contribution in [2.75, 3.05) is 92.6 Å². The van der Waals surface area contributed by atoms with E-state index in [1.54, 1.807) is 31.3 Å². The average Bonchev–Trinajstić information content (AvgIpc) is 2.15. The summed E-state index contributed by atoms with van der Waals surface area (Å²) < 4.78 is 64.9. The number of benzene rings is 2. The number of likely N-dealkylation sites (N-methyl/N-ethyl adjacent to an activating group) is 1. The van der Waals surface area contributed by atoms with Crippen molar-refractivity contribution in [1.82, 2.24) is 35.3 Å². The molecule has 4 bridgehead atoms. The van der Waals surface area contributed by atoms with Crippen LogP contribution in [0.15, 0.2) is 66.3 Å². The summed E-state index contributed by atoms with van der Waals surface area (Å²) in [6.45, 7) is 9.05. The Balaban J connectivity index is 1.01. The molecule has 2 fully saturated rings. The van der Waals surface area contributed by atoms with Gasteiger partial charge >= 0.3 is 18.0 Å². The van der Waals surface area contributed by atoms with Gasteiger partial charge in [-0.1, -0.05) is 67.4 Å². The monoisotopic (exact) mass is 1200 g/mol. The van der Waals surface area contributed by atoms with E-state index in [2.05, 4.69) is 32.0 Å². The second-order valence-corrected chi connectivity index (χ2v) is 24.7. The van der Waals surface area contributed by atoms with Crippen LogP contribution in [0.1, 0.15) is 77.5 Å². The molecule has 3 aromatic rings. The van der Waals surface area contributed by atoms with E-state index in [1.165, 1.54) is 33.1 Å². The number of para-hydroxylation sites is 1. The Hall–Kier alpha value is -5.67. The lowest BCUT2D eigenvalue weighted by Gasteiger charge is -2.42. The Kier molecular flexibility index (Phi) is 24.0. The minimum atomic E-state index is -4.10. The lowest BCUT2D eigenvalue weighted by Crippen LogP contribution is -2.63. The number of allylic oxidation sites excluding steroid dienone is 3. The quantitative estimate of drug-likeness (QED) is 0.0341. The first-order chi connectivity index (χ1) is 39.3. The van der Waals surface area contributed by atoms with Gasteiger partial charge in [-0.05, 0) is 87.2 Å². The molecule has 1 aromatic heterocycles. The normalized spacial score (nSPS) is 25.0. The number of methoxy groups -OCH3 is 2. The van der Waals surface area contributed by atoms with Gasteiger partial charge in [-0.3, -0.25) is 29.9 Å². The summed E-state index contributed by atoms with van der Waals surface area (Å²) in [4.78, 5) is 67.7. The fourth-order valence-electron chi connectivity index (χ4n) is 10.9. The van der Waals surface area contributed by atoms with Crippen LogP contribution in [0.3, 0.4) is 0 Å². The number of hydrogen-bond acceptors (Lipinski definition) is 17. The number of hydrazine groups is 1. The van der Waals surface area contributed by atoms with Gasteiger partial charge in [-0.25, -0.2) is 18.2 Å². The number of halogens is 1. The van der Waals surface area contributed by atoms with Crippen LogP contribution in [0.25, 0.3) is 10.9 Å². The van der Waals surface area contributed by atoms with E-state index in [4.69, 9.17) is 40.0 Å². The van der Waals surface area contributed by atoms with Gasteiger partial charge in [0, 0.05) is 89.8 Å². The summed E-state index contributed by atoms with van der Waals surface area (Å²) in [5, 5.41) is 33.2. The van der Waals surface area contributed by atoms with Gasteiger partial charge in [0.25, 0.3) is 0 Å². The molecule has 3 amide bonds. The zero-order chi connectivity index (χ0) is 60.8. The molecule has 9 atom stereocenters. The van der Waals surface area contributed by atoms with Crippen LogP contribution in [-0.4, -0.2) is 186 Å². The first-order valence-electron chi connectivity index (χ1n) is 28.0. The van der Waals surface area contributed by atoms with Crippen molar-refractivity contribution in [3.05, 3.63) is 82.5 Å². The summed E-state index contributed by atoms with van der Waals surface area (Å²) in [7, 11) is 5.41. The number of carbonyl (C=O) groups excluding carboxylic acids is 4. The number of aromatic nitrogens is 1. The number of nitrogens with one attached hydrogen (secondary N) is 4. The molecule has 3 heterocycles. The molecule has 1 aliphatic carbocycles.